The van der Waals surface area contributed by atoms with Crippen LogP contribution in [-0.4, -0.2) is 17.6 Å². The fourth-order valence-corrected chi connectivity index (χ4v) is 2.11. The number of hydrogen-bond acceptors (Lipinski definition) is 4. The summed E-state index contributed by atoms with van der Waals surface area (Å²) in [6.45, 7) is 0.321. The molecule has 0 atom stereocenters. The molecular formula is C15H12Cl2N2O4. The first-order valence-electron chi connectivity index (χ1n) is 6.60. The van der Waals surface area contributed by atoms with Crippen LogP contribution in [0.2, 0.25) is 10.0 Å². The molecule has 2 aromatic rings. The molecule has 0 radical (unpaired) electrons. The Balaban J connectivity index is 1.90. The Hall–Kier alpha value is -2.31. The topological polar surface area (TPSA) is 81.5 Å². The summed E-state index contributed by atoms with van der Waals surface area (Å²) in [4.78, 5) is 21.9. The van der Waals surface area contributed by atoms with Crippen molar-refractivity contribution in [1.82, 2.24) is 5.32 Å². The number of carbonyl (C=O) groups is 1. The fourth-order valence-electron chi connectivity index (χ4n) is 1.82. The van der Waals surface area contributed by atoms with Crippen molar-refractivity contribution in [3.63, 3.8) is 0 Å². The van der Waals surface area contributed by atoms with Crippen molar-refractivity contribution in [2.45, 2.75) is 6.42 Å². The molecule has 0 saturated carbocycles. The molecule has 0 bridgehead atoms. The van der Waals surface area contributed by atoms with Gasteiger partial charge in [0.15, 0.2) is 0 Å². The molecule has 0 aromatic heterocycles. The maximum atomic E-state index is 11.7. The summed E-state index contributed by atoms with van der Waals surface area (Å²) in [6, 6.07) is 11.0. The molecule has 0 aliphatic carbocycles. The summed E-state index contributed by atoms with van der Waals surface area (Å²) in [6.07, 6.45) is -0.195. The van der Waals surface area contributed by atoms with Gasteiger partial charge in [0.1, 0.15) is 0 Å². The van der Waals surface area contributed by atoms with Gasteiger partial charge in [-0.05, 0) is 36.2 Å². The minimum Gasteiger partial charge on any atom is -0.403 e. The lowest BCUT2D eigenvalue weighted by atomic mass is 10.1. The number of amides is 1. The zero-order valence-electron chi connectivity index (χ0n) is 11.8. The number of ether oxygens (including phenoxy) is 1. The lowest BCUT2D eigenvalue weighted by Gasteiger charge is -2.07. The monoisotopic (exact) mass is 354 g/mol. The highest BCUT2D eigenvalue weighted by Gasteiger charge is 2.18. The van der Waals surface area contributed by atoms with Gasteiger partial charge in [-0.3, -0.25) is 10.1 Å². The molecule has 2 aromatic carbocycles. The van der Waals surface area contributed by atoms with Crippen LogP contribution >= 0.6 is 23.2 Å². The third-order valence-corrected chi connectivity index (χ3v) is 3.40. The number of nitrogens with zero attached hydrogens (tertiary/aromatic N) is 1. The molecular weight excluding hydrogens is 343 g/mol. The van der Waals surface area contributed by atoms with E-state index in [4.69, 9.17) is 27.9 Å². The normalized spacial score (nSPS) is 10.2. The molecule has 0 heterocycles. The van der Waals surface area contributed by atoms with Gasteiger partial charge in [-0.25, -0.2) is 4.79 Å². The number of nitrogens with one attached hydrogen (secondary N) is 1. The Morgan fingerprint density at radius 2 is 1.78 bits per heavy atom. The zero-order valence-corrected chi connectivity index (χ0v) is 13.3. The fraction of sp³-hybridized carbons (Fsp3) is 0.133. The van der Waals surface area contributed by atoms with E-state index in [1.165, 1.54) is 12.1 Å². The van der Waals surface area contributed by atoms with Crippen LogP contribution in [0, 0.1) is 10.1 Å². The number of carbonyl (C=O) groups excluding carboxylic acids is 1. The van der Waals surface area contributed by atoms with Gasteiger partial charge >= 0.3 is 11.8 Å². The van der Waals surface area contributed by atoms with Crippen molar-refractivity contribution < 1.29 is 14.5 Å². The van der Waals surface area contributed by atoms with Gasteiger partial charge in [-0.2, -0.15) is 0 Å². The Labute approximate surface area is 142 Å². The predicted octanol–water partition coefficient (Wildman–Crippen LogP) is 4.23. The second-order valence-corrected chi connectivity index (χ2v) is 5.43. The van der Waals surface area contributed by atoms with E-state index < -0.39 is 11.0 Å². The minimum absolute atomic E-state index is 0.164. The average molecular weight is 355 g/mol. The van der Waals surface area contributed by atoms with Crippen LogP contribution < -0.4 is 10.1 Å². The van der Waals surface area contributed by atoms with Crippen LogP contribution in [0.3, 0.4) is 0 Å². The van der Waals surface area contributed by atoms with Gasteiger partial charge in [-0.15, -0.1) is 0 Å². The van der Waals surface area contributed by atoms with Crippen LogP contribution in [0.4, 0.5) is 10.5 Å². The molecule has 1 amide bonds. The van der Waals surface area contributed by atoms with Crippen molar-refractivity contribution in [2.75, 3.05) is 6.54 Å². The standard InChI is InChI=1S/C15H12Cl2N2O4/c16-11-3-1-10(2-4-11)7-8-18-15(20)23-14-6-5-12(17)9-13(14)19(21)22/h1-6,9H,7-8H2,(H,18,20). The van der Waals surface area contributed by atoms with Crippen molar-refractivity contribution in [1.29, 1.82) is 0 Å². The summed E-state index contributed by atoms with van der Waals surface area (Å²) in [5, 5.41) is 14.3. The molecule has 6 nitrogen and oxygen atoms in total. The van der Waals surface area contributed by atoms with Gasteiger partial charge in [0, 0.05) is 22.7 Å². The van der Waals surface area contributed by atoms with Gasteiger partial charge in [0.25, 0.3) is 0 Å². The molecule has 2 rings (SSSR count). The maximum absolute atomic E-state index is 11.7. The Morgan fingerprint density at radius 3 is 2.43 bits per heavy atom. The lowest BCUT2D eigenvalue weighted by molar-refractivity contribution is -0.385. The van der Waals surface area contributed by atoms with E-state index in [1.54, 1.807) is 12.1 Å². The molecule has 0 saturated heterocycles. The smallest absolute Gasteiger partial charge is 0.403 e. The quantitative estimate of drug-likeness (QED) is 0.643. The van der Waals surface area contributed by atoms with Crippen LogP contribution in [0.1, 0.15) is 5.56 Å². The van der Waals surface area contributed by atoms with Crippen LogP contribution in [0.15, 0.2) is 42.5 Å². The molecule has 0 spiro atoms. The Bertz CT molecular complexity index is 720. The first-order chi connectivity index (χ1) is 11.0. The first kappa shape index (κ1) is 17.1. The largest absolute Gasteiger partial charge is 0.412 e. The minimum atomic E-state index is -0.774. The van der Waals surface area contributed by atoms with E-state index >= 15 is 0 Å². The Kier molecular flexibility index (Phi) is 5.78. The van der Waals surface area contributed by atoms with Gasteiger partial charge in [-0.1, -0.05) is 35.3 Å². The summed E-state index contributed by atoms with van der Waals surface area (Å²) in [7, 11) is 0. The third kappa shape index (κ3) is 5.12. The molecule has 0 aliphatic rings. The van der Waals surface area contributed by atoms with Gasteiger partial charge < -0.3 is 10.1 Å². The number of rotatable bonds is 5. The highest BCUT2D eigenvalue weighted by Crippen LogP contribution is 2.29. The van der Waals surface area contributed by atoms with Gasteiger partial charge in [0.2, 0.25) is 5.75 Å². The van der Waals surface area contributed by atoms with Crippen LogP contribution in [0.5, 0.6) is 5.75 Å². The molecule has 0 aliphatic heterocycles. The third-order valence-electron chi connectivity index (χ3n) is 2.92. The molecule has 120 valence electrons. The zero-order chi connectivity index (χ0) is 16.8. The van der Waals surface area contributed by atoms with E-state index in [1.807, 2.05) is 12.1 Å². The SMILES string of the molecule is O=C(NCCc1ccc(Cl)cc1)Oc1ccc(Cl)cc1[N+](=O)[O-]. The van der Waals surface area contributed by atoms with E-state index in [0.29, 0.717) is 18.0 Å². The van der Waals surface area contributed by atoms with E-state index in [-0.39, 0.29) is 16.5 Å². The number of benzene rings is 2. The second-order valence-electron chi connectivity index (χ2n) is 4.56. The molecule has 0 fully saturated rings. The molecule has 8 heteroatoms. The molecule has 0 unspecified atom stereocenters. The predicted molar refractivity (Wildman–Crippen MR) is 87.3 cm³/mol. The van der Waals surface area contributed by atoms with Crippen molar-refractivity contribution in [2.24, 2.45) is 0 Å². The van der Waals surface area contributed by atoms with Crippen molar-refractivity contribution in [3.05, 3.63) is 68.2 Å². The van der Waals surface area contributed by atoms with Crippen molar-refractivity contribution in [3.8, 4) is 5.75 Å². The summed E-state index contributed by atoms with van der Waals surface area (Å²) in [5.41, 5.74) is 0.623. The number of halogens is 2. The number of nitro groups is 1. The van der Waals surface area contributed by atoms with Crippen LogP contribution in [0.25, 0.3) is 0 Å². The highest BCUT2D eigenvalue weighted by molar-refractivity contribution is 6.31. The molecule has 23 heavy (non-hydrogen) atoms. The van der Waals surface area contributed by atoms with E-state index in [9.17, 15) is 14.9 Å². The highest BCUT2D eigenvalue weighted by atomic mass is 35.5. The Morgan fingerprint density at radius 1 is 1.13 bits per heavy atom. The first-order valence-corrected chi connectivity index (χ1v) is 7.35. The number of hydrogen-bond donors (Lipinski definition) is 1. The summed E-state index contributed by atoms with van der Waals surface area (Å²) >= 11 is 11.5. The van der Waals surface area contributed by atoms with Gasteiger partial charge in [0.05, 0.1) is 4.92 Å². The van der Waals surface area contributed by atoms with Crippen LogP contribution in [-0.2, 0) is 6.42 Å². The van der Waals surface area contributed by atoms with E-state index in [2.05, 4.69) is 5.32 Å². The second kappa shape index (κ2) is 7.80. The average Bonchev–Trinajstić information content (AvgIpc) is 2.51. The summed E-state index contributed by atoms with van der Waals surface area (Å²) < 4.78 is 4.95. The maximum Gasteiger partial charge on any atom is 0.412 e. The van der Waals surface area contributed by atoms with Crippen molar-refractivity contribution >= 4 is 35.0 Å². The number of nitro benzene ring substituents is 1. The summed E-state index contributed by atoms with van der Waals surface area (Å²) in [5.74, 6) is -0.164. The lowest BCUT2D eigenvalue weighted by Crippen LogP contribution is -2.28. The molecule has 1 N–H and O–H groups in total. The van der Waals surface area contributed by atoms with E-state index in [0.717, 1.165) is 11.6 Å².